The summed E-state index contributed by atoms with van der Waals surface area (Å²) in [6.45, 7) is 6.93. The number of carbonyl (C=O) groups is 2. The van der Waals surface area contributed by atoms with Gasteiger partial charge < -0.3 is 16.0 Å². The smallest absolute Gasteiger partial charge is 0.255 e. The van der Waals surface area contributed by atoms with Crippen molar-refractivity contribution in [3.8, 4) is 0 Å². The van der Waals surface area contributed by atoms with Gasteiger partial charge in [0.25, 0.3) is 5.91 Å². The number of nitrogens with one attached hydrogen (secondary N) is 1. The zero-order chi connectivity index (χ0) is 18.9. The van der Waals surface area contributed by atoms with Gasteiger partial charge in [0, 0.05) is 23.9 Å². The minimum atomic E-state index is -0.416. The largest absolute Gasteiger partial charge is 0.353 e. The molecule has 1 aromatic carbocycles. The quantitative estimate of drug-likeness (QED) is 0.828. The van der Waals surface area contributed by atoms with E-state index in [2.05, 4.69) is 26.1 Å². The van der Waals surface area contributed by atoms with Crippen LogP contribution in [-0.4, -0.2) is 47.0 Å². The number of thioether (sulfide) groups is 1. The maximum atomic E-state index is 12.9. The maximum absolute atomic E-state index is 12.9. The van der Waals surface area contributed by atoms with Gasteiger partial charge in [-0.1, -0.05) is 32.9 Å². The Balaban J connectivity index is 1.63. The van der Waals surface area contributed by atoms with Gasteiger partial charge in [0.15, 0.2) is 0 Å². The molecule has 5 nitrogen and oxygen atoms in total. The van der Waals surface area contributed by atoms with Gasteiger partial charge in [-0.3, -0.25) is 9.59 Å². The first-order valence-electron chi connectivity index (χ1n) is 9.30. The van der Waals surface area contributed by atoms with E-state index < -0.39 is 6.04 Å². The van der Waals surface area contributed by atoms with E-state index in [4.69, 9.17) is 5.73 Å². The van der Waals surface area contributed by atoms with E-state index in [1.165, 1.54) is 5.56 Å². The normalized spacial score (nSPS) is 21.5. The van der Waals surface area contributed by atoms with Crippen molar-refractivity contribution >= 4 is 23.6 Å². The predicted octanol–water partition coefficient (Wildman–Crippen LogP) is 2.35. The molecule has 26 heavy (non-hydrogen) atoms. The summed E-state index contributed by atoms with van der Waals surface area (Å²) in [5.41, 5.74) is 7.93. The molecule has 1 saturated carbocycles. The minimum Gasteiger partial charge on any atom is -0.353 e. The van der Waals surface area contributed by atoms with Crippen LogP contribution in [0.1, 0.15) is 49.5 Å². The van der Waals surface area contributed by atoms with Crippen LogP contribution in [0.4, 0.5) is 0 Å². The van der Waals surface area contributed by atoms with Crippen LogP contribution in [0, 0.1) is 5.92 Å². The van der Waals surface area contributed by atoms with E-state index >= 15 is 0 Å². The Labute approximate surface area is 160 Å². The number of benzene rings is 1. The summed E-state index contributed by atoms with van der Waals surface area (Å²) >= 11 is 1.61. The van der Waals surface area contributed by atoms with Crippen molar-refractivity contribution in [1.82, 2.24) is 10.2 Å². The SMILES string of the molecule is CC(C)(C)c1ccc(C(=O)N2CSCC2C(=O)NCC(N)C2CC2)cc1. The van der Waals surface area contributed by atoms with Crippen molar-refractivity contribution in [3.63, 3.8) is 0 Å². The molecule has 6 heteroatoms. The molecule has 1 aliphatic heterocycles. The Morgan fingerprint density at radius 1 is 1.27 bits per heavy atom. The van der Waals surface area contributed by atoms with Gasteiger partial charge in [0.1, 0.15) is 6.04 Å². The molecule has 2 amide bonds. The highest BCUT2D eigenvalue weighted by Crippen LogP contribution is 2.31. The number of rotatable bonds is 5. The van der Waals surface area contributed by atoms with Crippen molar-refractivity contribution in [2.45, 2.75) is 51.1 Å². The number of nitrogens with zero attached hydrogens (tertiary/aromatic N) is 1. The molecule has 2 atom stereocenters. The Morgan fingerprint density at radius 3 is 2.50 bits per heavy atom. The summed E-state index contributed by atoms with van der Waals surface area (Å²) in [5.74, 6) is 1.56. The first kappa shape index (κ1) is 19.2. The first-order chi connectivity index (χ1) is 12.3. The van der Waals surface area contributed by atoms with Gasteiger partial charge in [-0.2, -0.15) is 0 Å². The third kappa shape index (κ3) is 4.41. The van der Waals surface area contributed by atoms with Gasteiger partial charge in [-0.15, -0.1) is 11.8 Å². The molecule has 0 bridgehead atoms. The summed E-state index contributed by atoms with van der Waals surface area (Å²) in [6.07, 6.45) is 2.32. The summed E-state index contributed by atoms with van der Waals surface area (Å²) in [7, 11) is 0. The van der Waals surface area contributed by atoms with Gasteiger partial charge in [0.2, 0.25) is 5.91 Å². The van der Waals surface area contributed by atoms with Gasteiger partial charge in [0.05, 0.1) is 5.88 Å². The molecule has 3 N–H and O–H groups in total. The number of amides is 2. The lowest BCUT2D eigenvalue weighted by Crippen LogP contribution is -2.50. The third-order valence-corrected chi connectivity index (χ3v) is 6.20. The molecule has 3 rings (SSSR count). The molecule has 1 aromatic rings. The average molecular weight is 376 g/mol. The average Bonchev–Trinajstić information content (AvgIpc) is 3.35. The molecular formula is C20H29N3O2S. The molecule has 1 aliphatic carbocycles. The molecule has 0 spiro atoms. The van der Waals surface area contributed by atoms with Crippen LogP contribution in [0.25, 0.3) is 0 Å². The Kier molecular flexibility index (Phi) is 5.63. The summed E-state index contributed by atoms with van der Waals surface area (Å²) in [4.78, 5) is 27.1. The third-order valence-electron chi connectivity index (χ3n) is 5.18. The van der Waals surface area contributed by atoms with Crippen LogP contribution in [-0.2, 0) is 10.2 Å². The van der Waals surface area contributed by atoms with Crippen molar-refractivity contribution in [3.05, 3.63) is 35.4 Å². The molecule has 2 aliphatic rings. The zero-order valence-electron chi connectivity index (χ0n) is 15.8. The van der Waals surface area contributed by atoms with Crippen LogP contribution >= 0.6 is 11.8 Å². The lowest BCUT2D eigenvalue weighted by Gasteiger charge is -2.24. The zero-order valence-corrected chi connectivity index (χ0v) is 16.6. The van der Waals surface area contributed by atoms with E-state index in [1.807, 2.05) is 24.3 Å². The standard InChI is InChI=1S/C20H29N3O2S/c1-20(2,3)15-8-6-14(7-9-15)19(25)23-12-26-11-17(23)18(24)22-10-16(21)13-4-5-13/h6-9,13,16-17H,4-5,10-12,21H2,1-3H3,(H,22,24). The highest BCUT2D eigenvalue weighted by Gasteiger charge is 2.36. The molecule has 0 radical (unpaired) electrons. The number of nitrogens with two attached hydrogens (primary N) is 1. The molecule has 1 heterocycles. The first-order valence-corrected chi connectivity index (χ1v) is 10.5. The molecule has 2 unspecified atom stereocenters. The lowest BCUT2D eigenvalue weighted by molar-refractivity contribution is -0.124. The van der Waals surface area contributed by atoms with E-state index in [0.717, 1.165) is 12.8 Å². The monoisotopic (exact) mass is 375 g/mol. The molecular weight excluding hydrogens is 346 g/mol. The highest BCUT2D eigenvalue weighted by atomic mass is 32.2. The molecule has 142 valence electrons. The second-order valence-corrected chi connectivity index (χ2v) is 9.36. The van der Waals surface area contributed by atoms with Crippen LogP contribution in [0.2, 0.25) is 0 Å². The van der Waals surface area contributed by atoms with Crippen LogP contribution < -0.4 is 11.1 Å². The van der Waals surface area contributed by atoms with Crippen molar-refractivity contribution < 1.29 is 9.59 Å². The van der Waals surface area contributed by atoms with E-state index in [1.54, 1.807) is 16.7 Å². The minimum absolute atomic E-state index is 0.0297. The van der Waals surface area contributed by atoms with Crippen LogP contribution in [0.3, 0.4) is 0 Å². The summed E-state index contributed by atoms with van der Waals surface area (Å²) < 4.78 is 0. The number of hydrogen-bond donors (Lipinski definition) is 2. The highest BCUT2D eigenvalue weighted by molar-refractivity contribution is 7.99. The number of hydrogen-bond acceptors (Lipinski definition) is 4. The Hall–Kier alpha value is -1.53. The fraction of sp³-hybridized carbons (Fsp3) is 0.600. The van der Waals surface area contributed by atoms with E-state index in [0.29, 0.717) is 29.7 Å². The summed E-state index contributed by atoms with van der Waals surface area (Å²) in [5, 5.41) is 2.94. The van der Waals surface area contributed by atoms with Crippen LogP contribution in [0.15, 0.2) is 24.3 Å². The fourth-order valence-corrected chi connectivity index (χ4v) is 4.32. The fourth-order valence-electron chi connectivity index (χ4n) is 3.17. The van der Waals surface area contributed by atoms with Gasteiger partial charge >= 0.3 is 0 Å². The lowest BCUT2D eigenvalue weighted by atomic mass is 9.86. The van der Waals surface area contributed by atoms with Crippen molar-refractivity contribution in [1.29, 1.82) is 0 Å². The Morgan fingerprint density at radius 2 is 1.92 bits per heavy atom. The predicted molar refractivity (Wildman–Crippen MR) is 106 cm³/mol. The summed E-state index contributed by atoms with van der Waals surface area (Å²) in [6, 6.07) is 7.34. The number of carbonyl (C=O) groups excluding carboxylic acids is 2. The van der Waals surface area contributed by atoms with Gasteiger partial charge in [-0.25, -0.2) is 0 Å². The Bertz CT molecular complexity index is 665. The molecule has 0 aromatic heterocycles. The molecule has 2 fully saturated rings. The van der Waals surface area contributed by atoms with Crippen LogP contribution in [0.5, 0.6) is 0 Å². The topological polar surface area (TPSA) is 75.4 Å². The van der Waals surface area contributed by atoms with E-state index in [-0.39, 0.29) is 23.3 Å². The van der Waals surface area contributed by atoms with Gasteiger partial charge in [-0.05, 0) is 41.9 Å². The molecule has 1 saturated heterocycles. The maximum Gasteiger partial charge on any atom is 0.255 e. The van der Waals surface area contributed by atoms with Crippen molar-refractivity contribution in [2.24, 2.45) is 11.7 Å². The van der Waals surface area contributed by atoms with Crippen molar-refractivity contribution in [2.75, 3.05) is 18.2 Å². The van der Waals surface area contributed by atoms with E-state index in [9.17, 15) is 9.59 Å². The second-order valence-electron chi connectivity index (χ2n) is 8.36. The second kappa shape index (κ2) is 7.61.